The summed E-state index contributed by atoms with van der Waals surface area (Å²) in [5.74, 6) is -0.788. The van der Waals surface area contributed by atoms with Crippen molar-refractivity contribution in [2.24, 2.45) is 0 Å². The molecule has 1 unspecified atom stereocenters. The summed E-state index contributed by atoms with van der Waals surface area (Å²) in [5, 5.41) is 8.12. The molecule has 0 aliphatic rings. The predicted molar refractivity (Wildman–Crippen MR) is 44.9 cm³/mol. The lowest BCUT2D eigenvalue weighted by Gasteiger charge is -2.06. The zero-order valence-corrected chi connectivity index (χ0v) is 7.48. The first-order valence-electron chi connectivity index (χ1n) is 3.33. The normalized spacial score (nSPS) is 12.5. The molecule has 0 aliphatic heterocycles. The molecule has 0 aromatic carbocycles. The van der Waals surface area contributed by atoms with Crippen LogP contribution in [0.15, 0.2) is 0 Å². The van der Waals surface area contributed by atoms with E-state index in [2.05, 4.69) is 0 Å². The molecule has 11 heavy (non-hydrogen) atoms. The quantitative estimate of drug-likeness (QED) is 0.683. The highest BCUT2D eigenvalue weighted by Gasteiger charge is 2.15. The van der Waals surface area contributed by atoms with Crippen LogP contribution in [0.5, 0.6) is 0 Å². The zero-order valence-electron chi connectivity index (χ0n) is 6.66. The number of hydrogen-bond donors (Lipinski definition) is 1. The maximum Gasteiger partial charge on any atom is 0.316 e. The Morgan fingerprint density at radius 3 is 2.36 bits per heavy atom. The van der Waals surface area contributed by atoms with Gasteiger partial charge in [-0.25, -0.2) is 0 Å². The van der Waals surface area contributed by atoms with Gasteiger partial charge in [0, 0.05) is 6.42 Å². The second-order valence-electron chi connectivity index (χ2n) is 2.30. The summed E-state index contributed by atoms with van der Waals surface area (Å²) in [4.78, 5) is 20.9. The molecule has 0 saturated carbocycles. The summed E-state index contributed by atoms with van der Waals surface area (Å²) in [6, 6.07) is 0. The van der Waals surface area contributed by atoms with Gasteiger partial charge >= 0.3 is 5.97 Å². The second kappa shape index (κ2) is 5.18. The number of thioether (sulfide) groups is 1. The molecule has 3 nitrogen and oxygen atoms in total. The second-order valence-corrected chi connectivity index (χ2v) is 3.34. The minimum atomic E-state index is -0.834. The Kier molecular flexibility index (Phi) is 4.94. The van der Waals surface area contributed by atoms with Crippen LogP contribution in [-0.2, 0) is 9.59 Å². The Hall–Kier alpha value is -0.510. The van der Waals surface area contributed by atoms with Crippen LogP contribution in [0.3, 0.4) is 0 Å². The molecule has 0 amide bonds. The first kappa shape index (κ1) is 10.5. The Morgan fingerprint density at radius 1 is 1.55 bits per heavy atom. The molecule has 0 rings (SSSR count). The molecule has 0 heterocycles. The smallest absolute Gasteiger partial charge is 0.316 e. The summed E-state index contributed by atoms with van der Waals surface area (Å²) in [6.45, 7) is 1.47. The van der Waals surface area contributed by atoms with Crippen LogP contribution in [0.25, 0.3) is 0 Å². The zero-order chi connectivity index (χ0) is 8.85. The summed E-state index contributed by atoms with van der Waals surface area (Å²) < 4.78 is 0. The molecule has 1 N–H and O–H groups in total. The minimum absolute atomic E-state index is 0.0466. The molecule has 0 aliphatic carbocycles. The molecule has 4 heteroatoms. The fourth-order valence-corrected chi connectivity index (χ4v) is 1.23. The molecule has 0 aromatic rings. The van der Waals surface area contributed by atoms with Crippen LogP contribution < -0.4 is 0 Å². The van der Waals surface area contributed by atoms with E-state index in [4.69, 9.17) is 5.11 Å². The van der Waals surface area contributed by atoms with Gasteiger partial charge in [0.15, 0.2) is 0 Å². The van der Waals surface area contributed by atoms with E-state index in [-0.39, 0.29) is 5.78 Å². The maximum absolute atomic E-state index is 10.5. The fraction of sp³-hybridized carbons (Fsp3) is 0.714. The fourth-order valence-electron chi connectivity index (χ4n) is 0.677. The third kappa shape index (κ3) is 4.84. The number of hydrogen-bond acceptors (Lipinski definition) is 3. The lowest BCUT2D eigenvalue weighted by Crippen LogP contribution is -2.16. The van der Waals surface area contributed by atoms with Crippen LogP contribution in [0.2, 0.25) is 0 Å². The van der Waals surface area contributed by atoms with Crippen molar-refractivity contribution in [1.82, 2.24) is 0 Å². The molecular formula is C7H12O3S. The number of rotatable bonds is 5. The lowest BCUT2D eigenvalue weighted by atomic mass is 10.2. The van der Waals surface area contributed by atoms with Crippen molar-refractivity contribution in [3.63, 3.8) is 0 Å². The monoisotopic (exact) mass is 176 g/mol. The number of carboxylic acid groups (broad SMARTS) is 1. The van der Waals surface area contributed by atoms with Gasteiger partial charge in [0.2, 0.25) is 0 Å². The molecule has 0 spiro atoms. The van der Waals surface area contributed by atoms with E-state index in [0.29, 0.717) is 12.8 Å². The van der Waals surface area contributed by atoms with E-state index in [1.165, 1.54) is 18.7 Å². The Labute approximate surface area is 70.2 Å². The third-order valence-corrected chi connectivity index (χ3v) is 2.32. The molecule has 0 bridgehead atoms. The van der Waals surface area contributed by atoms with Gasteiger partial charge in [-0.3, -0.25) is 4.79 Å². The average Bonchev–Trinajstić information content (AvgIpc) is 1.87. The van der Waals surface area contributed by atoms with Crippen molar-refractivity contribution >= 4 is 23.5 Å². The van der Waals surface area contributed by atoms with Crippen LogP contribution in [-0.4, -0.2) is 28.4 Å². The van der Waals surface area contributed by atoms with Crippen LogP contribution in [0, 0.1) is 0 Å². The van der Waals surface area contributed by atoms with Gasteiger partial charge in [0.25, 0.3) is 0 Å². The summed E-state index contributed by atoms with van der Waals surface area (Å²) in [7, 11) is 0. The molecule has 0 fully saturated rings. The summed E-state index contributed by atoms with van der Waals surface area (Å²) in [6.07, 6.45) is 2.53. The van der Waals surface area contributed by atoms with Gasteiger partial charge in [-0.1, -0.05) is 0 Å². The molecule has 0 saturated heterocycles. The summed E-state index contributed by atoms with van der Waals surface area (Å²) in [5.41, 5.74) is 0. The number of ketones is 1. The van der Waals surface area contributed by atoms with E-state index in [0.717, 1.165) is 0 Å². The van der Waals surface area contributed by atoms with Crippen molar-refractivity contribution in [1.29, 1.82) is 0 Å². The van der Waals surface area contributed by atoms with E-state index >= 15 is 0 Å². The van der Waals surface area contributed by atoms with E-state index in [1.807, 2.05) is 0 Å². The van der Waals surface area contributed by atoms with E-state index in [9.17, 15) is 9.59 Å². The van der Waals surface area contributed by atoms with Crippen LogP contribution >= 0.6 is 11.8 Å². The van der Waals surface area contributed by atoms with E-state index in [1.54, 1.807) is 6.26 Å². The molecular weight excluding hydrogens is 164 g/mol. The highest BCUT2D eigenvalue weighted by molar-refractivity contribution is 7.99. The first-order chi connectivity index (χ1) is 5.07. The number of carboxylic acids is 1. The SMILES string of the molecule is CSC(CCC(C)=O)C(=O)O. The number of carbonyl (C=O) groups is 2. The van der Waals surface area contributed by atoms with Gasteiger partial charge in [-0.05, 0) is 19.6 Å². The number of carbonyl (C=O) groups excluding carboxylic acids is 1. The molecule has 0 radical (unpaired) electrons. The highest BCUT2D eigenvalue weighted by Crippen LogP contribution is 2.13. The Balaban J connectivity index is 3.70. The highest BCUT2D eigenvalue weighted by atomic mass is 32.2. The van der Waals surface area contributed by atoms with Crippen molar-refractivity contribution in [2.45, 2.75) is 25.0 Å². The number of aliphatic carboxylic acids is 1. The van der Waals surface area contributed by atoms with Crippen LogP contribution in [0.1, 0.15) is 19.8 Å². The van der Waals surface area contributed by atoms with Gasteiger partial charge in [0.1, 0.15) is 11.0 Å². The van der Waals surface area contributed by atoms with Crippen LogP contribution in [0.4, 0.5) is 0 Å². The first-order valence-corrected chi connectivity index (χ1v) is 4.61. The largest absolute Gasteiger partial charge is 0.480 e. The summed E-state index contributed by atoms with van der Waals surface area (Å²) >= 11 is 1.27. The van der Waals surface area contributed by atoms with Crippen molar-refractivity contribution in [2.75, 3.05) is 6.26 Å². The van der Waals surface area contributed by atoms with Crippen molar-refractivity contribution < 1.29 is 14.7 Å². The van der Waals surface area contributed by atoms with Crippen molar-refractivity contribution in [3.8, 4) is 0 Å². The number of Topliss-reactive ketones (excluding diaryl/α,β-unsaturated/α-hetero) is 1. The van der Waals surface area contributed by atoms with Gasteiger partial charge < -0.3 is 9.90 Å². The van der Waals surface area contributed by atoms with E-state index < -0.39 is 11.2 Å². The minimum Gasteiger partial charge on any atom is -0.480 e. The molecule has 64 valence electrons. The standard InChI is InChI=1S/C7H12O3S/c1-5(8)3-4-6(11-2)7(9)10/h6H,3-4H2,1-2H3,(H,9,10). The Bertz CT molecular complexity index is 156. The average molecular weight is 176 g/mol. The van der Waals surface area contributed by atoms with Gasteiger partial charge in [-0.15, -0.1) is 0 Å². The van der Waals surface area contributed by atoms with Crippen molar-refractivity contribution in [3.05, 3.63) is 0 Å². The molecule has 1 atom stereocenters. The Morgan fingerprint density at radius 2 is 2.09 bits per heavy atom. The van der Waals surface area contributed by atoms with Gasteiger partial charge in [-0.2, -0.15) is 11.8 Å². The van der Waals surface area contributed by atoms with Gasteiger partial charge in [0.05, 0.1) is 0 Å². The predicted octanol–water partition coefficient (Wildman–Crippen LogP) is 1.17. The topological polar surface area (TPSA) is 54.4 Å². The lowest BCUT2D eigenvalue weighted by molar-refractivity contribution is -0.136. The third-order valence-electron chi connectivity index (χ3n) is 1.32. The maximum atomic E-state index is 10.5. The molecule has 0 aromatic heterocycles.